The van der Waals surface area contributed by atoms with Crippen LogP contribution in [0, 0.1) is 0 Å². The smallest absolute Gasteiger partial charge is 0.367 e. The number of carbonyl (C=O) groups excluding carboxylic acids is 1. The highest BCUT2D eigenvalue weighted by molar-refractivity contribution is 7.99. The summed E-state index contributed by atoms with van der Waals surface area (Å²) in [7, 11) is 0. The highest BCUT2D eigenvalue weighted by Crippen LogP contribution is 2.13. The van der Waals surface area contributed by atoms with E-state index in [4.69, 9.17) is 20.4 Å². The Morgan fingerprint density at radius 1 is 1.28 bits per heavy atom. The van der Waals surface area contributed by atoms with Gasteiger partial charge in [-0.3, -0.25) is 4.79 Å². The lowest BCUT2D eigenvalue weighted by Gasteiger charge is -2.20. The minimum atomic E-state index is -3.24. The lowest BCUT2D eigenvalue weighted by molar-refractivity contribution is -0.218. The third-order valence-corrected chi connectivity index (χ3v) is 2.67. The van der Waals surface area contributed by atoms with Gasteiger partial charge in [0.25, 0.3) is 5.79 Å². The molecule has 18 heavy (non-hydrogen) atoms. The van der Waals surface area contributed by atoms with Crippen LogP contribution in [0.25, 0.3) is 0 Å². The molecule has 8 nitrogen and oxygen atoms in total. The molecule has 0 aromatic heterocycles. The van der Waals surface area contributed by atoms with E-state index in [1.807, 2.05) is 0 Å². The van der Waals surface area contributed by atoms with Crippen LogP contribution in [0.5, 0.6) is 0 Å². The maximum Gasteiger partial charge on any atom is 0.367 e. The molecular formula is C9H14O8S. The maximum absolute atomic E-state index is 11.2. The normalized spacial score (nSPS) is 12.8. The van der Waals surface area contributed by atoms with Gasteiger partial charge in [0.1, 0.15) is 6.42 Å². The number of aliphatic hydroxyl groups is 2. The predicted octanol–water partition coefficient (Wildman–Crippen LogP) is -1.11. The van der Waals surface area contributed by atoms with Crippen molar-refractivity contribution in [1.29, 1.82) is 0 Å². The van der Waals surface area contributed by atoms with Gasteiger partial charge < -0.3 is 25.2 Å². The molecule has 0 rings (SSSR count). The number of esters is 1. The molecule has 0 amide bonds. The van der Waals surface area contributed by atoms with E-state index in [0.717, 1.165) is 0 Å². The van der Waals surface area contributed by atoms with Crippen LogP contribution >= 0.6 is 11.8 Å². The Labute approximate surface area is 107 Å². The molecule has 1 atom stereocenters. The fourth-order valence-electron chi connectivity index (χ4n) is 0.887. The maximum atomic E-state index is 11.2. The van der Waals surface area contributed by atoms with E-state index in [9.17, 15) is 14.4 Å². The summed E-state index contributed by atoms with van der Waals surface area (Å²) in [6, 6.07) is 0. The SMILES string of the molecule is CCSCC(OC(=O)C(O)(O)CC(=O)O)C(=O)O. The van der Waals surface area contributed by atoms with Crippen LogP contribution in [-0.2, 0) is 19.1 Å². The minimum absolute atomic E-state index is 0.0687. The average molecular weight is 282 g/mol. The van der Waals surface area contributed by atoms with E-state index in [1.165, 1.54) is 11.8 Å². The van der Waals surface area contributed by atoms with Crippen molar-refractivity contribution >= 4 is 29.7 Å². The van der Waals surface area contributed by atoms with Gasteiger partial charge in [0, 0.05) is 5.75 Å². The summed E-state index contributed by atoms with van der Waals surface area (Å²) in [5.41, 5.74) is 0. The lowest BCUT2D eigenvalue weighted by Crippen LogP contribution is -2.45. The number of thioether (sulfide) groups is 1. The van der Waals surface area contributed by atoms with Gasteiger partial charge in [-0.25, -0.2) is 9.59 Å². The molecule has 0 radical (unpaired) electrons. The number of aliphatic carboxylic acids is 2. The highest BCUT2D eigenvalue weighted by Gasteiger charge is 2.40. The summed E-state index contributed by atoms with van der Waals surface area (Å²) >= 11 is 1.17. The first-order chi connectivity index (χ1) is 8.20. The second kappa shape index (κ2) is 7.19. The number of rotatable bonds is 8. The number of hydrogen-bond acceptors (Lipinski definition) is 7. The number of carbonyl (C=O) groups is 3. The van der Waals surface area contributed by atoms with Crippen molar-refractivity contribution < 1.29 is 39.5 Å². The van der Waals surface area contributed by atoms with Crippen molar-refractivity contribution in [2.75, 3.05) is 11.5 Å². The van der Waals surface area contributed by atoms with Gasteiger partial charge in [-0.1, -0.05) is 6.92 Å². The molecule has 0 fully saturated rings. The van der Waals surface area contributed by atoms with E-state index in [2.05, 4.69) is 4.74 Å². The van der Waals surface area contributed by atoms with E-state index in [-0.39, 0.29) is 5.75 Å². The number of ether oxygens (including phenoxy) is 1. The zero-order valence-corrected chi connectivity index (χ0v) is 10.3. The molecule has 0 bridgehead atoms. The summed E-state index contributed by atoms with van der Waals surface area (Å²) < 4.78 is 4.36. The molecule has 4 N–H and O–H groups in total. The summed E-state index contributed by atoms with van der Waals surface area (Å²) in [4.78, 5) is 32.2. The highest BCUT2D eigenvalue weighted by atomic mass is 32.2. The molecule has 0 aliphatic rings. The summed E-state index contributed by atoms with van der Waals surface area (Å²) in [6.45, 7) is 1.76. The van der Waals surface area contributed by atoms with Crippen molar-refractivity contribution in [3.05, 3.63) is 0 Å². The summed E-state index contributed by atoms with van der Waals surface area (Å²) in [5.74, 6) is -7.51. The molecule has 0 spiro atoms. The topological polar surface area (TPSA) is 141 Å². The lowest BCUT2D eigenvalue weighted by atomic mass is 10.2. The first kappa shape index (κ1) is 16.7. The van der Waals surface area contributed by atoms with Gasteiger partial charge in [-0.05, 0) is 5.75 Å². The largest absolute Gasteiger partial charge is 0.481 e. The molecule has 0 aliphatic heterocycles. The van der Waals surface area contributed by atoms with Crippen LogP contribution in [0.4, 0.5) is 0 Å². The molecule has 1 unspecified atom stereocenters. The molecule has 104 valence electrons. The molecule has 0 saturated heterocycles. The van der Waals surface area contributed by atoms with Gasteiger partial charge in [-0.2, -0.15) is 11.8 Å². The molecule has 0 saturated carbocycles. The Hall–Kier alpha value is -1.32. The number of hydrogen-bond donors (Lipinski definition) is 4. The number of carboxylic acid groups (broad SMARTS) is 2. The Kier molecular flexibility index (Phi) is 6.66. The Bertz CT molecular complexity index is 327. The minimum Gasteiger partial charge on any atom is -0.481 e. The van der Waals surface area contributed by atoms with Crippen molar-refractivity contribution in [1.82, 2.24) is 0 Å². The molecule has 0 aliphatic carbocycles. The van der Waals surface area contributed by atoms with E-state index in [0.29, 0.717) is 5.75 Å². The predicted molar refractivity (Wildman–Crippen MR) is 59.9 cm³/mol. The first-order valence-electron chi connectivity index (χ1n) is 4.89. The third kappa shape index (κ3) is 5.84. The second-order valence-electron chi connectivity index (χ2n) is 3.28. The van der Waals surface area contributed by atoms with Crippen molar-refractivity contribution in [2.45, 2.75) is 25.2 Å². The van der Waals surface area contributed by atoms with Gasteiger partial charge in [0.2, 0.25) is 6.10 Å². The van der Waals surface area contributed by atoms with Crippen molar-refractivity contribution in [2.24, 2.45) is 0 Å². The van der Waals surface area contributed by atoms with Gasteiger partial charge in [-0.15, -0.1) is 0 Å². The molecular weight excluding hydrogens is 268 g/mol. The van der Waals surface area contributed by atoms with Gasteiger partial charge in [0.15, 0.2) is 0 Å². The van der Waals surface area contributed by atoms with Crippen LogP contribution in [0.1, 0.15) is 13.3 Å². The quantitative estimate of drug-likeness (QED) is 0.322. The van der Waals surface area contributed by atoms with Gasteiger partial charge >= 0.3 is 17.9 Å². The zero-order valence-electron chi connectivity index (χ0n) is 9.53. The van der Waals surface area contributed by atoms with E-state index >= 15 is 0 Å². The Balaban J connectivity index is 4.58. The van der Waals surface area contributed by atoms with E-state index in [1.54, 1.807) is 6.92 Å². The fourth-order valence-corrected chi connectivity index (χ4v) is 1.55. The molecule has 9 heteroatoms. The monoisotopic (exact) mass is 282 g/mol. The van der Waals surface area contributed by atoms with Crippen LogP contribution in [0.3, 0.4) is 0 Å². The first-order valence-corrected chi connectivity index (χ1v) is 6.04. The van der Waals surface area contributed by atoms with Crippen LogP contribution in [0.2, 0.25) is 0 Å². The Morgan fingerprint density at radius 3 is 2.22 bits per heavy atom. The van der Waals surface area contributed by atoms with Crippen molar-refractivity contribution in [3.8, 4) is 0 Å². The average Bonchev–Trinajstić information content (AvgIpc) is 2.21. The zero-order chi connectivity index (χ0) is 14.3. The summed E-state index contributed by atoms with van der Waals surface area (Å²) in [6.07, 6.45) is -2.85. The van der Waals surface area contributed by atoms with Crippen LogP contribution < -0.4 is 0 Å². The van der Waals surface area contributed by atoms with Crippen molar-refractivity contribution in [3.63, 3.8) is 0 Å². The third-order valence-electron chi connectivity index (χ3n) is 1.72. The second-order valence-corrected chi connectivity index (χ2v) is 4.60. The van der Waals surface area contributed by atoms with E-state index < -0.39 is 36.2 Å². The Morgan fingerprint density at radius 2 is 1.83 bits per heavy atom. The number of carboxylic acids is 2. The van der Waals surface area contributed by atoms with Crippen LogP contribution in [-0.4, -0.2) is 61.7 Å². The fraction of sp³-hybridized carbons (Fsp3) is 0.667. The van der Waals surface area contributed by atoms with Crippen LogP contribution in [0.15, 0.2) is 0 Å². The summed E-state index contributed by atoms with van der Waals surface area (Å²) in [5, 5.41) is 35.3. The molecule has 0 aromatic carbocycles. The molecule has 0 aromatic rings. The standard InChI is InChI=1S/C9H14O8S/c1-2-18-4-5(7(12)13)17-8(14)9(15,16)3-6(10)11/h5,15-16H,2-4H2,1H3,(H,10,11)(H,12,13). The molecule has 0 heterocycles. The van der Waals surface area contributed by atoms with Gasteiger partial charge in [0.05, 0.1) is 0 Å².